The summed E-state index contributed by atoms with van der Waals surface area (Å²) in [6.45, 7) is 0.185. The van der Waals surface area contributed by atoms with E-state index in [0.717, 1.165) is 12.8 Å². The van der Waals surface area contributed by atoms with Gasteiger partial charge in [-0.3, -0.25) is 0 Å². The first-order chi connectivity index (χ1) is 6.28. The summed E-state index contributed by atoms with van der Waals surface area (Å²) < 4.78 is 0. The van der Waals surface area contributed by atoms with Gasteiger partial charge in [0.25, 0.3) is 0 Å². The Balaban J connectivity index is 2.01. The largest absolute Gasteiger partial charge is 0.396 e. The molecule has 0 aliphatic heterocycles. The molecule has 0 bridgehead atoms. The van der Waals surface area contributed by atoms with Crippen molar-refractivity contribution in [3.63, 3.8) is 0 Å². The van der Waals surface area contributed by atoms with Crippen molar-refractivity contribution < 1.29 is 10.2 Å². The van der Waals surface area contributed by atoms with Crippen molar-refractivity contribution in [3.05, 3.63) is 0 Å². The lowest BCUT2D eigenvalue weighted by Gasteiger charge is -2.41. The standard InChI is InChI=1S/C11H20O2/c12-8-11(6-1-2-7-11)10(13)9-4-3-5-9/h9-10,12-13H,1-8H2/t10-/m1/s1. The molecule has 2 aliphatic carbocycles. The van der Waals surface area contributed by atoms with E-state index < -0.39 is 0 Å². The van der Waals surface area contributed by atoms with Crippen molar-refractivity contribution in [3.8, 4) is 0 Å². The van der Waals surface area contributed by atoms with Gasteiger partial charge in [0.15, 0.2) is 0 Å². The van der Waals surface area contributed by atoms with Crippen LogP contribution in [0, 0.1) is 11.3 Å². The van der Waals surface area contributed by atoms with Crippen molar-refractivity contribution in [1.29, 1.82) is 0 Å². The zero-order chi connectivity index (χ0) is 9.31. The van der Waals surface area contributed by atoms with Gasteiger partial charge in [-0.05, 0) is 31.6 Å². The van der Waals surface area contributed by atoms with Crippen LogP contribution in [0.3, 0.4) is 0 Å². The maximum Gasteiger partial charge on any atom is 0.0646 e. The van der Waals surface area contributed by atoms with Crippen molar-refractivity contribution in [1.82, 2.24) is 0 Å². The van der Waals surface area contributed by atoms with Gasteiger partial charge in [0.1, 0.15) is 0 Å². The summed E-state index contributed by atoms with van der Waals surface area (Å²) in [6, 6.07) is 0. The highest BCUT2D eigenvalue weighted by Gasteiger charge is 2.44. The summed E-state index contributed by atoms with van der Waals surface area (Å²) in [4.78, 5) is 0. The van der Waals surface area contributed by atoms with Gasteiger partial charge in [0.05, 0.1) is 12.7 Å². The molecule has 1 atom stereocenters. The van der Waals surface area contributed by atoms with Gasteiger partial charge < -0.3 is 10.2 Å². The van der Waals surface area contributed by atoms with Crippen LogP contribution in [-0.2, 0) is 0 Å². The van der Waals surface area contributed by atoms with Crippen LogP contribution in [0.15, 0.2) is 0 Å². The average Bonchev–Trinajstić information content (AvgIpc) is 2.49. The summed E-state index contributed by atoms with van der Waals surface area (Å²) in [5, 5.41) is 19.6. The topological polar surface area (TPSA) is 40.5 Å². The van der Waals surface area contributed by atoms with Crippen LogP contribution in [0.25, 0.3) is 0 Å². The molecule has 2 rings (SSSR count). The molecule has 2 fully saturated rings. The summed E-state index contributed by atoms with van der Waals surface area (Å²) in [5.41, 5.74) is -0.120. The summed E-state index contributed by atoms with van der Waals surface area (Å²) in [5.74, 6) is 0.491. The average molecular weight is 184 g/mol. The Morgan fingerprint density at radius 3 is 2.15 bits per heavy atom. The lowest BCUT2D eigenvalue weighted by molar-refractivity contribution is -0.0679. The van der Waals surface area contributed by atoms with E-state index in [1.165, 1.54) is 32.1 Å². The van der Waals surface area contributed by atoms with Gasteiger partial charge in [0, 0.05) is 5.41 Å². The minimum atomic E-state index is -0.228. The number of hydrogen-bond donors (Lipinski definition) is 2. The first kappa shape index (κ1) is 9.47. The van der Waals surface area contributed by atoms with Crippen molar-refractivity contribution in [2.75, 3.05) is 6.61 Å². The number of rotatable bonds is 3. The number of aliphatic hydroxyl groups is 2. The van der Waals surface area contributed by atoms with E-state index in [4.69, 9.17) is 0 Å². The first-order valence-electron chi connectivity index (χ1n) is 5.57. The highest BCUT2D eigenvalue weighted by atomic mass is 16.3. The smallest absolute Gasteiger partial charge is 0.0646 e. The molecule has 0 spiro atoms. The highest BCUT2D eigenvalue weighted by molar-refractivity contribution is 4.95. The zero-order valence-electron chi connectivity index (χ0n) is 8.21. The minimum Gasteiger partial charge on any atom is -0.396 e. The van der Waals surface area contributed by atoms with Gasteiger partial charge in [-0.15, -0.1) is 0 Å². The molecule has 2 saturated carbocycles. The van der Waals surface area contributed by atoms with E-state index in [2.05, 4.69) is 0 Å². The monoisotopic (exact) mass is 184 g/mol. The Bertz CT molecular complexity index is 169. The van der Waals surface area contributed by atoms with Crippen LogP contribution in [0.1, 0.15) is 44.9 Å². The van der Waals surface area contributed by atoms with Crippen LogP contribution < -0.4 is 0 Å². The molecule has 0 heterocycles. The van der Waals surface area contributed by atoms with E-state index in [-0.39, 0.29) is 18.1 Å². The zero-order valence-corrected chi connectivity index (χ0v) is 8.21. The predicted octanol–water partition coefficient (Wildman–Crippen LogP) is 1.70. The summed E-state index contributed by atoms with van der Waals surface area (Å²) in [6.07, 6.45) is 7.81. The maximum absolute atomic E-state index is 10.2. The van der Waals surface area contributed by atoms with E-state index in [1.54, 1.807) is 0 Å². The first-order valence-corrected chi connectivity index (χ1v) is 5.57. The molecule has 0 aromatic carbocycles. The van der Waals surface area contributed by atoms with E-state index in [9.17, 15) is 10.2 Å². The summed E-state index contributed by atoms with van der Waals surface area (Å²) >= 11 is 0. The van der Waals surface area contributed by atoms with Crippen LogP contribution in [0.2, 0.25) is 0 Å². The highest BCUT2D eigenvalue weighted by Crippen LogP contribution is 2.46. The van der Waals surface area contributed by atoms with Crippen LogP contribution in [0.4, 0.5) is 0 Å². The van der Waals surface area contributed by atoms with Gasteiger partial charge in [0.2, 0.25) is 0 Å². The molecule has 0 aromatic rings. The van der Waals surface area contributed by atoms with Crippen LogP contribution in [0.5, 0.6) is 0 Å². The Morgan fingerprint density at radius 1 is 1.15 bits per heavy atom. The molecule has 0 aromatic heterocycles. The Labute approximate surface area is 80.0 Å². The SMILES string of the molecule is OCC1([C@H](O)C2CCC2)CCCC1. The number of hydrogen-bond acceptors (Lipinski definition) is 2. The lowest BCUT2D eigenvalue weighted by Crippen LogP contribution is -2.43. The molecule has 0 saturated heterocycles. The molecule has 2 aliphatic rings. The summed E-state index contributed by atoms with van der Waals surface area (Å²) in [7, 11) is 0. The van der Waals surface area contributed by atoms with Crippen LogP contribution >= 0.6 is 0 Å². The van der Waals surface area contributed by atoms with Crippen LogP contribution in [-0.4, -0.2) is 22.9 Å². The van der Waals surface area contributed by atoms with Gasteiger partial charge in [-0.25, -0.2) is 0 Å². The third kappa shape index (κ3) is 1.50. The van der Waals surface area contributed by atoms with Crippen molar-refractivity contribution in [2.45, 2.75) is 51.0 Å². The Kier molecular flexibility index (Phi) is 2.61. The molecule has 2 heteroatoms. The minimum absolute atomic E-state index is 0.120. The fourth-order valence-corrected chi connectivity index (χ4v) is 2.88. The predicted molar refractivity (Wildman–Crippen MR) is 51.3 cm³/mol. The maximum atomic E-state index is 10.2. The van der Waals surface area contributed by atoms with Gasteiger partial charge >= 0.3 is 0 Å². The van der Waals surface area contributed by atoms with Gasteiger partial charge in [-0.2, -0.15) is 0 Å². The van der Waals surface area contributed by atoms with E-state index in [1.807, 2.05) is 0 Å². The molecule has 2 nitrogen and oxygen atoms in total. The third-order valence-electron chi connectivity index (χ3n) is 4.14. The van der Waals surface area contributed by atoms with Crippen molar-refractivity contribution >= 4 is 0 Å². The van der Waals surface area contributed by atoms with Crippen molar-refractivity contribution in [2.24, 2.45) is 11.3 Å². The lowest BCUT2D eigenvalue weighted by atomic mass is 9.68. The fourth-order valence-electron chi connectivity index (χ4n) is 2.88. The molecular formula is C11H20O2. The molecule has 76 valence electrons. The third-order valence-corrected chi connectivity index (χ3v) is 4.14. The van der Waals surface area contributed by atoms with Gasteiger partial charge in [-0.1, -0.05) is 19.3 Å². The second-order valence-corrected chi connectivity index (χ2v) is 4.86. The fraction of sp³-hybridized carbons (Fsp3) is 1.00. The molecule has 2 N–H and O–H groups in total. The van der Waals surface area contributed by atoms with E-state index >= 15 is 0 Å². The molecule has 13 heavy (non-hydrogen) atoms. The molecular weight excluding hydrogens is 164 g/mol. The Morgan fingerprint density at radius 2 is 1.77 bits per heavy atom. The quantitative estimate of drug-likeness (QED) is 0.701. The second kappa shape index (κ2) is 3.58. The molecule has 0 amide bonds. The molecule has 0 radical (unpaired) electrons. The normalized spacial score (nSPS) is 30.0. The van der Waals surface area contributed by atoms with E-state index in [0.29, 0.717) is 5.92 Å². The molecule has 0 unspecified atom stereocenters. The second-order valence-electron chi connectivity index (χ2n) is 4.86. The Hall–Kier alpha value is -0.0800. The number of aliphatic hydroxyl groups excluding tert-OH is 2.